The first-order valence-corrected chi connectivity index (χ1v) is 12.6. The van der Waals surface area contributed by atoms with E-state index >= 15 is 0 Å². The molecule has 0 heterocycles. The summed E-state index contributed by atoms with van der Waals surface area (Å²) >= 11 is 0. The largest absolute Gasteiger partial charge is 0.480 e. The zero-order chi connectivity index (χ0) is 22.2. The number of aliphatic carboxylic acids is 1. The fourth-order valence-electron chi connectivity index (χ4n) is 3.44. The Bertz CT molecular complexity index is 517. The van der Waals surface area contributed by atoms with Crippen LogP contribution in [0.2, 0.25) is 0 Å². The maximum atomic E-state index is 11.0. The normalized spacial score (nSPS) is 15.2. The summed E-state index contributed by atoms with van der Waals surface area (Å²) in [5.41, 5.74) is -0.930. The minimum Gasteiger partial charge on any atom is -0.480 e. The Labute approximate surface area is 176 Å². The summed E-state index contributed by atoms with van der Waals surface area (Å²) in [5, 5.41) is 25.8. The van der Waals surface area contributed by atoms with Gasteiger partial charge in [0.25, 0.3) is 10.1 Å². The molecule has 0 amide bonds. The number of hydrogen-bond acceptors (Lipinski definition) is 5. The van der Waals surface area contributed by atoms with Gasteiger partial charge >= 0.3 is 5.97 Å². The zero-order valence-electron chi connectivity index (χ0n) is 18.0. The number of aliphatic hydroxyl groups is 2. The SMILES string of the molecule is CC(O)(CO)CCCCCCCCCCCCCCCCC(C(=O)O)S(=O)(=O)O. The van der Waals surface area contributed by atoms with E-state index in [1.54, 1.807) is 6.92 Å². The van der Waals surface area contributed by atoms with Crippen molar-refractivity contribution in [1.82, 2.24) is 0 Å². The minimum atomic E-state index is -4.51. The Morgan fingerprint density at radius 1 is 0.793 bits per heavy atom. The van der Waals surface area contributed by atoms with E-state index in [9.17, 15) is 18.3 Å². The summed E-state index contributed by atoms with van der Waals surface area (Å²) in [6, 6.07) is 0. The minimum absolute atomic E-state index is 0.0328. The lowest BCUT2D eigenvalue weighted by molar-refractivity contribution is -0.136. The molecule has 0 aliphatic heterocycles. The molecule has 0 spiro atoms. The molecular weight excluding hydrogens is 396 g/mol. The van der Waals surface area contributed by atoms with Crippen LogP contribution in [0.1, 0.15) is 110 Å². The Kier molecular flexibility index (Phi) is 15.7. The van der Waals surface area contributed by atoms with Crippen LogP contribution in [0.5, 0.6) is 0 Å². The van der Waals surface area contributed by atoms with Crippen molar-refractivity contribution in [3.8, 4) is 0 Å². The van der Waals surface area contributed by atoms with E-state index in [0.717, 1.165) is 38.5 Å². The van der Waals surface area contributed by atoms with Crippen LogP contribution < -0.4 is 0 Å². The molecule has 29 heavy (non-hydrogen) atoms. The maximum absolute atomic E-state index is 11.0. The standard InChI is InChI=1S/C21H42O7S/c1-21(25,18-22)17-15-13-11-9-7-5-3-2-4-6-8-10-12-14-16-19(20(23)24)29(26,27)28/h19,22,25H,2-18H2,1H3,(H,23,24)(H,26,27,28). The van der Waals surface area contributed by atoms with Crippen LogP contribution in [0.15, 0.2) is 0 Å². The number of aliphatic hydroxyl groups excluding tert-OH is 1. The molecule has 4 N–H and O–H groups in total. The van der Waals surface area contributed by atoms with E-state index in [1.807, 2.05) is 0 Å². The summed E-state index contributed by atoms with van der Waals surface area (Å²) in [4.78, 5) is 10.8. The predicted molar refractivity (Wildman–Crippen MR) is 115 cm³/mol. The summed E-state index contributed by atoms with van der Waals surface area (Å²) in [7, 11) is -4.51. The lowest BCUT2D eigenvalue weighted by Crippen LogP contribution is -2.29. The summed E-state index contributed by atoms with van der Waals surface area (Å²) in [6.07, 6.45) is 15.7. The number of carboxylic acids is 1. The number of hydrogen-bond donors (Lipinski definition) is 4. The van der Waals surface area contributed by atoms with Crippen LogP contribution in [0.25, 0.3) is 0 Å². The van der Waals surface area contributed by atoms with E-state index in [1.165, 1.54) is 44.9 Å². The fraction of sp³-hybridized carbons (Fsp3) is 0.952. The molecule has 2 atom stereocenters. The van der Waals surface area contributed by atoms with Gasteiger partial charge in [0.2, 0.25) is 0 Å². The lowest BCUT2D eigenvalue weighted by atomic mass is 9.98. The van der Waals surface area contributed by atoms with Crippen molar-refractivity contribution in [3.63, 3.8) is 0 Å². The molecule has 174 valence electrons. The van der Waals surface area contributed by atoms with Crippen molar-refractivity contribution in [1.29, 1.82) is 0 Å². The van der Waals surface area contributed by atoms with E-state index in [-0.39, 0.29) is 13.0 Å². The van der Waals surface area contributed by atoms with Gasteiger partial charge in [-0.05, 0) is 19.8 Å². The van der Waals surface area contributed by atoms with Crippen LogP contribution in [-0.4, -0.2) is 51.7 Å². The highest BCUT2D eigenvalue weighted by Gasteiger charge is 2.29. The molecule has 0 fully saturated rings. The van der Waals surface area contributed by atoms with Crippen molar-refractivity contribution in [3.05, 3.63) is 0 Å². The first kappa shape index (κ1) is 28.3. The van der Waals surface area contributed by atoms with Crippen molar-refractivity contribution >= 4 is 16.1 Å². The summed E-state index contributed by atoms with van der Waals surface area (Å²) < 4.78 is 30.8. The van der Waals surface area contributed by atoms with Gasteiger partial charge in [-0.3, -0.25) is 9.35 Å². The average Bonchev–Trinajstić information content (AvgIpc) is 2.62. The third kappa shape index (κ3) is 16.7. The predicted octanol–water partition coefficient (Wildman–Crippen LogP) is 4.31. The molecule has 0 rings (SSSR count). The van der Waals surface area contributed by atoms with Gasteiger partial charge in [0.1, 0.15) is 0 Å². The highest BCUT2D eigenvalue weighted by molar-refractivity contribution is 7.87. The van der Waals surface area contributed by atoms with Gasteiger partial charge in [0.05, 0.1) is 12.2 Å². The van der Waals surface area contributed by atoms with Crippen LogP contribution in [0.3, 0.4) is 0 Å². The van der Waals surface area contributed by atoms with Crippen LogP contribution in [0.4, 0.5) is 0 Å². The molecule has 2 unspecified atom stereocenters. The molecule has 0 aromatic carbocycles. The fourth-order valence-corrected chi connectivity index (χ4v) is 4.16. The Balaban J connectivity index is 3.37. The third-order valence-corrected chi connectivity index (χ3v) is 6.56. The third-order valence-electron chi connectivity index (χ3n) is 5.41. The summed E-state index contributed by atoms with van der Waals surface area (Å²) in [5.74, 6) is -1.48. The highest BCUT2D eigenvalue weighted by Crippen LogP contribution is 2.17. The van der Waals surface area contributed by atoms with Gasteiger partial charge in [0.15, 0.2) is 5.25 Å². The first-order chi connectivity index (χ1) is 13.6. The van der Waals surface area contributed by atoms with Gasteiger partial charge in [-0.2, -0.15) is 8.42 Å². The van der Waals surface area contributed by atoms with Gasteiger partial charge in [-0.1, -0.05) is 89.9 Å². The van der Waals surface area contributed by atoms with Gasteiger partial charge < -0.3 is 15.3 Å². The van der Waals surface area contributed by atoms with Crippen LogP contribution >= 0.6 is 0 Å². The van der Waals surface area contributed by atoms with E-state index < -0.39 is 26.9 Å². The quantitative estimate of drug-likeness (QED) is 0.164. The van der Waals surface area contributed by atoms with Crippen molar-refractivity contribution < 1.29 is 33.1 Å². The molecule has 0 aliphatic carbocycles. The highest BCUT2D eigenvalue weighted by atomic mass is 32.2. The Morgan fingerprint density at radius 2 is 1.14 bits per heavy atom. The van der Waals surface area contributed by atoms with Gasteiger partial charge in [-0.15, -0.1) is 0 Å². The average molecular weight is 439 g/mol. The lowest BCUT2D eigenvalue weighted by Gasteiger charge is -2.19. The van der Waals surface area contributed by atoms with E-state index in [0.29, 0.717) is 12.8 Å². The molecular formula is C21H42O7S. The van der Waals surface area contributed by atoms with E-state index in [4.69, 9.17) is 14.8 Å². The number of rotatable bonds is 20. The van der Waals surface area contributed by atoms with Gasteiger partial charge in [0, 0.05) is 0 Å². The zero-order valence-corrected chi connectivity index (χ0v) is 18.8. The Morgan fingerprint density at radius 3 is 1.45 bits per heavy atom. The van der Waals surface area contributed by atoms with Crippen LogP contribution in [0, 0.1) is 0 Å². The van der Waals surface area contributed by atoms with Crippen LogP contribution in [-0.2, 0) is 14.9 Å². The van der Waals surface area contributed by atoms with Crippen molar-refractivity contribution in [2.24, 2.45) is 0 Å². The molecule has 7 nitrogen and oxygen atoms in total. The first-order valence-electron chi connectivity index (χ1n) is 11.1. The molecule has 0 aliphatic rings. The van der Waals surface area contributed by atoms with Crippen molar-refractivity contribution in [2.75, 3.05) is 6.61 Å². The molecule has 0 saturated carbocycles. The van der Waals surface area contributed by atoms with Crippen molar-refractivity contribution in [2.45, 2.75) is 121 Å². The molecule has 0 radical (unpaired) electrons. The molecule has 0 aromatic heterocycles. The van der Waals surface area contributed by atoms with E-state index in [2.05, 4.69) is 0 Å². The number of carbonyl (C=O) groups is 1. The number of unbranched alkanes of at least 4 members (excludes halogenated alkanes) is 13. The van der Waals surface area contributed by atoms with Gasteiger partial charge in [-0.25, -0.2) is 0 Å². The topological polar surface area (TPSA) is 132 Å². The maximum Gasteiger partial charge on any atom is 0.324 e. The monoisotopic (exact) mass is 438 g/mol. The smallest absolute Gasteiger partial charge is 0.324 e. The molecule has 8 heteroatoms. The molecule has 0 saturated heterocycles. The molecule has 0 bridgehead atoms. The molecule has 0 aromatic rings. The second kappa shape index (κ2) is 16.1. The second-order valence-electron chi connectivity index (χ2n) is 8.49. The summed E-state index contributed by atoms with van der Waals surface area (Å²) in [6.45, 7) is 1.50. The second-order valence-corrected chi connectivity index (χ2v) is 10.1. The Hall–Kier alpha value is -0.700. The number of carboxylic acid groups (broad SMARTS) is 1.